The maximum absolute atomic E-state index is 3.52. The van der Waals surface area contributed by atoms with Crippen molar-refractivity contribution in [1.29, 1.82) is 0 Å². The van der Waals surface area contributed by atoms with Gasteiger partial charge in [0.1, 0.15) is 0 Å². The van der Waals surface area contributed by atoms with Crippen LogP contribution < -0.4 is 5.32 Å². The van der Waals surface area contributed by atoms with Crippen LogP contribution in [0.5, 0.6) is 0 Å². The number of rotatable bonds is 1. The molecule has 1 aliphatic rings. The zero-order valence-electron chi connectivity index (χ0n) is 8.03. The number of nitrogens with one attached hydrogen (secondary N) is 1. The Hall–Kier alpha value is -0.860. The minimum absolute atomic E-state index is 0.514. The number of hydrogen-bond acceptors (Lipinski definition) is 2. The van der Waals surface area contributed by atoms with Crippen molar-refractivity contribution in [1.82, 2.24) is 10.2 Å². The molecule has 1 aromatic carbocycles. The molecule has 1 aliphatic heterocycles. The predicted molar refractivity (Wildman–Crippen MR) is 54.7 cm³/mol. The van der Waals surface area contributed by atoms with Gasteiger partial charge in [-0.05, 0) is 12.6 Å². The summed E-state index contributed by atoms with van der Waals surface area (Å²) in [4.78, 5) is 2.37. The van der Waals surface area contributed by atoms with Gasteiger partial charge in [-0.15, -0.1) is 0 Å². The summed E-state index contributed by atoms with van der Waals surface area (Å²) < 4.78 is 0. The Morgan fingerprint density at radius 2 is 2.08 bits per heavy atom. The molecular formula is C11H16N2. The van der Waals surface area contributed by atoms with Crippen LogP contribution in [-0.2, 0) is 0 Å². The van der Waals surface area contributed by atoms with Crippen molar-refractivity contribution in [2.45, 2.75) is 6.04 Å². The first-order valence-corrected chi connectivity index (χ1v) is 4.83. The van der Waals surface area contributed by atoms with E-state index in [1.165, 1.54) is 5.56 Å². The lowest BCUT2D eigenvalue weighted by atomic mass is 10.1. The fourth-order valence-corrected chi connectivity index (χ4v) is 1.81. The minimum atomic E-state index is 0.514. The second kappa shape index (κ2) is 3.90. The topological polar surface area (TPSA) is 15.3 Å². The van der Waals surface area contributed by atoms with E-state index in [-0.39, 0.29) is 0 Å². The molecule has 70 valence electrons. The van der Waals surface area contributed by atoms with Gasteiger partial charge in [-0.2, -0.15) is 0 Å². The normalized spacial score (nSPS) is 24.5. The van der Waals surface area contributed by atoms with Gasteiger partial charge in [0, 0.05) is 25.7 Å². The number of piperazine rings is 1. The first-order valence-electron chi connectivity index (χ1n) is 4.83. The van der Waals surface area contributed by atoms with E-state index in [2.05, 4.69) is 47.6 Å². The predicted octanol–water partition coefficient (Wildman–Crippen LogP) is 1.26. The molecule has 0 bridgehead atoms. The highest BCUT2D eigenvalue weighted by Gasteiger charge is 2.16. The quantitative estimate of drug-likeness (QED) is 0.693. The van der Waals surface area contributed by atoms with Crippen LogP contribution in [0, 0.1) is 0 Å². The molecular weight excluding hydrogens is 160 g/mol. The third-order valence-electron chi connectivity index (χ3n) is 2.58. The molecule has 1 N–H and O–H groups in total. The Balaban J connectivity index is 2.08. The van der Waals surface area contributed by atoms with Gasteiger partial charge in [0.15, 0.2) is 0 Å². The molecule has 2 heteroatoms. The standard InChI is InChI=1S/C11H16N2/c1-13-8-7-12-11(9-13)10-5-3-2-4-6-10/h2-6,11-12H,7-9H2,1H3/t11-/m0/s1. The Morgan fingerprint density at radius 3 is 2.77 bits per heavy atom. The van der Waals surface area contributed by atoms with E-state index >= 15 is 0 Å². The SMILES string of the molecule is CN1CCN[C@H](c2ccccc2)C1. The van der Waals surface area contributed by atoms with Gasteiger partial charge in [-0.3, -0.25) is 0 Å². The maximum atomic E-state index is 3.52. The van der Waals surface area contributed by atoms with E-state index in [0.29, 0.717) is 6.04 Å². The molecule has 1 saturated heterocycles. The highest BCUT2D eigenvalue weighted by Crippen LogP contribution is 2.15. The van der Waals surface area contributed by atoms with Crippen LogP contribution in [0.25, 0.3) is 0 Å². The van der Waals surface area contributed by atoms with Crippen LogP contribution >= 0.6 is 0 Å². The summed E-state index contributed by atoms with van der Waals surface area (Å²) in [5.41, 5.74) is 1.40. The average molecular weight is 176 g/mol. The molecule has 1 heterocycles. The summed E-state index contributed by atoms with van der Waals surface area (Å²) in [5, 5.41) is 3.52. The first-order chi connectivity index (χ1) is 6.36. The van der Waals surface area contributed by atoms with Crippen LogP contribution in [0.3, 0.4) is 0 Å². The molecule has 0 aromatic heterocycles. The van der Waals surface area contributed by atoms with Crippen LogP contribution in [-0.4, -0.2) is 31.6 Å². The molecule has 1 atom stereocenters. The highest BCUT2D eigenvalue weighted by molar-refractivity contribution is 5.19. The van der Waals surface area contributed by atoms with E-state index in [0.717, 1.165) is 19.6 Å². The summed E-state index contributed by atoms with van der Waals surface area (Å²) in [6, 6.07) is 11.2. The number of benzene rings is 1. The smallest absolute Gasteiger partial charge is 0.0449 e. The van der Waals surface area contributed by atoms with Gasteiger partial charge >= 0.3 is 0 Å². The van der Waals surface area contributed by atoms with Crippen LogP contribution in [0.15, 0.2) is 30.3 Å². The van der Waals surface area contributed by atoms with E-state index in [1.807, 2.05) is 0 Å². The number of nitrogens with zero attached hydrogens (tertiary/aromatic N) is 1. The van der Waals surface area contributed by atoms with E-state index in [4.69, 9.17) is 0 Å². The summed E-state index contributed by atoms with van der Waals surface area (Å²) in [6.07, 6.45) is 0. The molecule has 1 aromatic rings. The summed E-state index contributed by atoms with van der Waals surface area (Å²) >= 11 is 0. The van der Waals surface area contributed by atoms with Crippen molar-refractivity contribution in [2.24, 2.45) is 0 Å². The van der Waals surface area contributed by atoms with E-state index < -0.39 is 0 Å². The summed E-state index contributed by atoms with van der Waals surface area (Å²) in [5.74, 6) is 0. The van der Waals surface area contributed by atoms with Crippen molar-refractivity contribution in [2.75, 3.05) is 26.7 Å². The molecule has 0 amide bonds. The third-order valence-corrected chi connectivity index (χ3v) is 2.58. The van der Waals surface area contributed by atoms with Gasteiger partial charge in [-0.25, -0.2) is 0 Å². The Bertz CT molecular complexity index is 258. The molecule has 0 spiro atoms. The van der Waals surface area contributed by atoms with Gasteiger partial charge < -0.3 is 10.2 Å². The zero-order chi connectivity index (χ0) is 9.10. The maximum Gasteiger partial charge on any atom is 0.0449 e. The number of likely N-dealkylation sites (N-methyl/N-ethyl adjacent to an activating group) is 1. The lowest BCUT2D eigenvalue weighted by Gasteiger charge is -2.31. The second-order valence-corrected chi connectivity index (χ2v) is 3.68. The molecule has 0 saturated carbocycles. The Morgan fingerprint density at radius 1 is 1.31 bits per heavy atom. The molecule has 2 rings (SSSR count). The molecule has 0 unspecified atom stereocenters. The van der Waals surface area contributed by atoms with Crippen LogP contribution in [0.1, 0.15) is 11.6 Å². The van der Waals surface area contributed by atoms with Crippen molar-refractivity contribution < 1.29 is 0 Å². The highest BCUT2D eigenvalue weighted by atomic mass is 15.2. The van der Waals surface area contributed by atoms with Crippen molar-refractivity contribution >= 4 is 0 Å². The van der Waals surface area contributed by atoms with Crippen molar-refractivity contribution in [3.8, 4) is 0 Å². The van der Waals surface area contributed by atoms with Gasteiger partial charge in [0.2, 0.25) is 0 Å². The lowest BCUT2D eigenvalue weighted by molar-refractivity contribution is 0.241. The fourth-order valence-electron chi connectivity index (χ4n) is 1.81. The summed E-state index contributed by atoms with van der Waals surface area (Å²) in [6.45, 7) is 3.36. The van der Waals surface area contributed by atoms with Gasteiger partial charge in [0.05, 0.1) is 0 Å². The summed E-state index contributed by atoms with van der Waals surface area (Å²) in [7, 11) is 2.18. The average Bonchev–Trinajstić information content (AvgIpc) is 2.19. The first kappa shape index (κ1) is 8.73. The Labute approximate surface area is 79.6 Å². The van der Waals surface area contributed by atoms with E-state index in [1.54, 1.807) is 0 Å². The van der Waals surface area contributed by atoms with Crippen molar-refractivity contribution in [3.63, 3.8) is 0 Å². The largest absolute Gasteiger partial charge is 0.308 e. The van der Waals surface area contributed by atoms with Crippen LogP contribution in [0.2, 0.25) is 0 Å². The van der Waals surface area contributed by atoms with Crippen LogP contribution in [0.4, 0.5) is 0 Å². The number of hydrogen-bond donors (Lipinski definition) is 1. The van der Waals surface area contributed by atoms with Gasteiger partial charge in [-0.1, -0.05) is 30.3 Å². The minimum Gasteiger partial charge on any atom is -0.308 e. The molecule has 0 aliphatic carbocycles. The van der Waals surface area contributed by atoms with Gasteiger partial charge in [0.25, 0.3) is 0 Å². The third kappa shape index (κ3) is 2.08. The second-order valence-electron chi connectivity index (χ2n) is 3.68. The zero-order valence-corrected chi connectivity index (χ0v) is 8.03. The lowest BCUT2D eigenvalue weighted by Crippen LogP contribution is -2.43. The molecule has 13 heavy (non-hydrogen) atoms. The monoisotopic (exact) mass is 176 g/mol. The fraction of sp³-hybridized carbons (Fsp3) is 0.455. The molecule has 0 radical (unpaired) electrons. The molecule has 2 nitrogen and oxygen atoms in total. The molecule has 1 fully saturated rings. The Kier molecular flexibility index (Phi) is 2.62. The van der Waals surface area contributed by atoms with E-state index in [9.17, 15) is 0 Å². The van der Waals surface area contributed by atoms with Crippen molar-refractivity contribution in [3.05, 3.63) is 35.9 Å².